The minimum atomic E-state index is 0.558. The molecular formula is C15H20N2O. The highest BCUT2D eigenvalue weighted by Gasteiger charge is 2.01. The lowest BCUT2D eigenvalue weighted by Crippen LogP contribution is -2.28. The first-order valence-corrected chi connectivity index (χ1v) is 6.16. The van der Waals surface area contributed by atoms with Gasteiger partial charge in [-0.3, -0.25) is 4.90 Å². The Kier molecular flexibility index (Phi) is 7.54. The van der Waals surface area contributed by atoms with Crippen LogP contribution in [-0.4, -0.2) is 38.3 Å². The molecule has 18 heavy (non-hydrogen) atoms. The second-order valence-electron chi connectivity index (χ2n) is 4.01. The van der Waals surface area contributed by atoms with Gasteiger partial charge in [-0.25, -0.2) is 0 Å². The average Bonchev–Trinajstić information content (AvgIpc) is 2.42. The molecule has 0 amide bonds. The summed E-state index contributed by atoms with van der Waals surface area (Å²) in [5.74, 6) is 0. The number of hydrogen-bond donors (Lipinski definition) is 0. The van der Waals surface area contributed by atoms with Crippen LogP contribution in [0.3, 0.4) is 0 Å². The Morgan fingerprint density at radius 1 is 1.28 bits per heavy atom. The third kappa shape index (κ3) is 6.19. The fraction of sp³-hybridized carbons (Fsp3) is 0.400. The van der Waals surface area contributed by atoms with Crippen LogP contribution in [-0.2, 0) is 4.74 Å². The Morgan fingerprint density at radius 3 is 2.72 bits per heavy atom. The van der Waals surface area contributed by atoms with Crippen LogP contribution in [0.2, 0.25) is 0 Å². The highest BCUT2D eigenvalue weighted by atomic mass is 16.5. The van der Waals surface area contributed by atoms with Crippen molar-refractivity contribution in [3.63, 3.8) is 0 Å². The third-order valence-electron chi connectivity index (χ3n) is 2.62. The van der Waals surface area contributed by atoms with E-state index in [-0.39, 0.29) is 0 Å². The molecule has 0 aliphatic rings. The predicted octanol–water partition coefficient (Wildman–Crippen LogP) is 2.56. The summed E-state index contributed by atoms with van der Waals surface area (Å²) in [5.41, 5.74) is 1.20. The fourth-order valence-corrected chi connectivity index (χ4v) is 1.62. The molecule has 0 bridgehead atoms. The highest BCUT2D eigenvalue weighted by Crippen LogP contribution is 2.01. The Bertz CT molecular complexity index is 381. The monoisotopic (exact) mass is 244 g/mol. The van der Waals surface area contributed by atoms with Gasteiger partial charge in [-0.1, -0.05) is 42.5 Å². The summed E-state index contributed by atoms with van der Waals surface area (Å²) in [4.78, 5) is 2.21. The van der Waals surface area contributed by atoms with Gasteiger partial charge in [-0.05, 0) is 5.56 Å². The summed E-state index contributed by atoms with van der Waals surface area (Å²) in [5, 5.41) is 8.62. The number of hydrogen-bond acceptors (Lipinski definition) is 3. The molecule has 0 heterocycles. The van der Waals surface area contributed by atoms with Crippen LogP contribution >= 0.6 is 0 Å². The van der Waals surface area contributed by atoms with Crippen molar-refractivity contribution in [2.75, 3.05) is 33.4 Å². The standard InChI is InChI=1S/C15H20N2O/c1-18-14-13-17(12-6-10-16)11-5-9-15-7-3-2-4-8-15/h2-5,7-9H,6,11-14H2,1H3. The Hall–Kier alpha value is -1.63. The van der Waals surface area contributed by atoms with E-state index in [1.54, 1.807) is 7.11 Å². The molecule has 1 aromatic carbocycles. The first-order valence-electron chi connectivity index (χ1n) is 6.16. The van der Waals surface area contributed by atoms with Crippen molar-refractivity contribution in [1.29, 1.82) is 5.26 Å². The molecule has 3 nitrogen and oxygen atoms in total. The van der Waals surface area contributed by atoms with E-state index in [0.717, 1.165) is 19.6 Å². The SMILES string of the molecule is COCCN(CC=Cc1ccccc1)CCC#N. The summed E-state index contributed by atoms with van der Waals surface area (Å²) < 4.78 is 5.07. The maximum Gasteiger partial charge on any atom is 0.0635 e. The highest BCUT2D eigenvalue weighted by molar-refractivity contribution is 5.48. The summed E-state index contributed by atoms with van der Waals surface area (Å²) in [6.07, 6.45) is 4.79. The van der Waals surface area contributed by atoms with Crippen molar-refractivity contribution in [3.8, 4) is 6.07 Å². The van der Waals surface area contributed by atoms with Crippen LogP contribution in [0.1, 0.15) is 12.0 Å². The fourth-order valence-electron chi connectivity index (χ4n) is 1.62. The molecule has 96 valence electrons. The number of benzene rings is 1. The minimum absolute atomic E-state index is 0.558. The van der Waals surface area contributed by atoms with E-state index < -0.39 is 0 Å². The average molecular weight is 244 g/mol. The molecule has 3 heteroatoms. The molecule has 0 N–H and O–H groups in total. The lowest BCUT2D eigenvalue weighted by atomic mass is 10.2. The number of ether oxygens (including phenoxy) is 1. The first-order chi connectivity index (χ1) is 8.86. The molecule has 0 aromatic heterocycles. The predicted molar refractivity (Wildman–Crippen MR) is 74.0 cm³/mol. The van der Waals surface area contributed by atoms with Crippen molar-refractivity contribution < 1.29 is 4.74 Å². The van der Waals surface area contributed by atoms with Gasteiger partial charge in [0.15, 0.2) is 0 Å². The van der Waals surface area contributed by atoms with Gasteiger partial charge in [0.25, 0.3) is 0 Å². The first kappa shape index (κ1) is 14.4. The van der Waals surface area contributed by atoms with Gasteiger partial charge in [-0.2, -0.15) is 5.26 Å². The van der Waals surface area contributed by atoms with E-state index in [1.165, 1.54) is 5.56 Å². The van der Waals surface area contributed by atoms with Gasteiger partial charge in [0, 0.05) is 33.2 Å². The molecule has 0 saturated carbocycles. The quantitative estimate of drug-likeness (QED) is 0.705. The van der Waals surface area contributed by atoms with Gasteiger partial charge < -0.3 is 4.74 Å². The summed E-state index contributed by atoms with van der Waals surface area (Å²) in [6.45, 7) is 3.20. The van der Waals surface area contributed by atoms with Crippen molar-refractivity contribution >= 4 is 6.08 Å². The van der Waals surface area contributed by atoms with E-state index in [9.17, 15) is 0 Å². The van der Waals surface area contributed by atoms with E-state index in [0.29, 0.717) is 13.0 Å². The van der Waals surface area contributed by atoms with Gasteiger partial charge in [0.2, 0.25) is 0 Å². The summed E-state index contributed by atoms with van der Waals surface area (Å²) in [6, 6.07) is 12.4. The van der Waals surface area contributed by atoms with Crippen LogP contribution in [0.15, 0.2) is 36.4 Å². The zero-order chi connectivity index (χ0) is 13.1. The van der Waals surface area contributed by atoms with Crippen molar-refractivity contribution in [2.45, 2.75) is 6.42 Å². The molecule has 0 atom stereocenters. The van der Waals surface area contributed by atoms with Crippen LogP contribution in [0.25, 0.3) is 6.08 Å². The molecule has 1 rings (SSSR count). The maximum atomic E-state index is 8.62. The lowest BCUT2D eigenvalue weighted by Gasteiger charge is -2.18. The third-order valence-corrected chi connectivity index (χ3v) is 2.62. The van der Waals surface area contributed by atoms with Crippen molar-refractivity contribution in [2.24, 2.45) is 0 Å². The molecule has 0 saturated heterocycles. The van der Waals surface area contributed by atoms with Gasteiger partial charge in [0.1, 0.15) is 0 Å². The smallest absolute Gasteiger partial charge is 0.0635 e. The zero-order valence-corrected chi connectivity index (χ0v) is 10.9. The lowest BCUT2D eigenvalue weighted by molar-refractivity contribution is 0.155. The van der Waals surface area contributed by atoms with Crippen molar-refractivity contribution in [1.82, 2.24) is 4.90 Å². The maximum absolute atomic E-state index is 8.62. The van der Waals surface area contributed by atoms with Crippen LogP contribution in [0, 0.1) is 11.3 Å². The van der Waals surface area contributed by atoms with Gasteiger partial charge >= 0.3 is 0 Å². The molecule has 0 radical (unpaired) electrons. The molecule has 0 aliphatic carbocycles. The Balaban J connectivity index is 2.40. The summed E-state index contributed by atoms with van der Waals surface area (Å²) in [7, 11) is 1.70. The number of methoxy groups -OCH3 is 1. The summed E-state index contributed by atoms with van der Waals surface area (Å²) >= 11 is 0. The van der Waals surface area contributed by atoms with Crippen LogP contribution in [0.5, 0.6) is 0 Å². The Morgan fingerprint density at radius 2 is 2.06 bits per heavy atom. The zero-order valence-electron chi connectivity index (χ0n) is 10.9. The molecule has 0 aliphatic heterocycles. The van der Waals surface area contributed by atoms with Crippen LogP contribution in [0.4, 0.5) is 0 Å². The second kappa shape index (κ2) is 9.41. The van der Waals surface area contributed by atoms with E-state index >= 15 is 0 Å². The van der Waals surface area contributed by atoms with Gasteiger partial charge in [-0.15, -0.1) is 0 Å². The van der Waals surface area contributed by atoms with Crippen LogP contribution < -0.4 is 0 Å². The normalized spacial score (nSPS) is 10.9. The second-order valence-corrected chi connectivity index (χ2v) is 4.01. The largest absolute Gasteiger partial charge is 0.383 e. The number of rotatable bonds is 8. The molecule has 0 fully saturated rings. The number of nitriles is 1. The topological polar surface area (TPSA) is 36.3 Å². The Labute approximate surface area is 109 Å². The van der Waals surface area contributed by atoms with E-state index in [2.05, 4.69) is 35.3 Å². The van der Waals surface area contributed by atoms with E-state index in [4.69, 9.17) is 10.00 Å². The van der Waals surface area contributed by atoms with Gasteiger partial charge in [0.05, 0.1) is 12.7 Å². The molecule has 0 unspecified atom stereocenters. The van der Waals surface area contributed by atoms with Crippen molar-refractivity contribution in [3.05, 3.63) is 42.0 Å². The molecule has 1 aromatic rings. The molecule has 0 spiro atoms. The number of nitrogens with zero attached hydrogens (tertiary/aromatic N) is 2. The van der Waals surface area contributed by atoms with E-state index in [1.807, 2.05) is 18.2 Å². The minimum Gasteiger partial charge on any atom is -0.383 e. The molecular weight excluding hydrogens is 224 g/mol.